The summed E-state index contributed by atoms with van der Waals surface area (Å²) in [6.45, 7) is 4.18. The maximum atomic E-state index is 10.7. The number of rotatable bonds is 8. The minimum atomic E-state index is -4.21. The van der Waals surface area contributed by atoms with E-state index in [1.54, 1.807) is 0 Å². The number of benzene rings is 2. The lowest BCUT2D eigenvalue weighted by Crippen LogP contribution is -2.39. The summed E-state index contributed by atoms with van der Waals surface area (Å²) in [5, 5.41) is -1.18. The predicted molar refractivity (Wildman–Crippen MR) is 101 cm³/mol. The zero-order chi connectivity index (χ0) is 17.6. The molecule has 0 saturated carbocycles. The Balaban J connectivity index is 2.74. The maximum absolute atomic E-state index is 10.7. The molecule has 0 aliphatic rings. The first-order valence-electron chi connectivity index (χ1n) is 8.66. The molecule has 4 heteroatoms. The Morgan fingerprint density at radius 3 is 1.62 bits per heavy atom. The molecule has 1 atom stereocenters. The van der Waals surface area contributed by atoms with Crippen LogP contribution in [0.2, 0.25) is 0 Å². The number of hydrogen-bond donors (Lipinski definition) is 3. The number of unbranched alkanes of at least 4 members (excludes halogenated alkanes) is 1. The topological polar surface area (TPSA) is 60.7 Å². The second-order valence-electron chi connectivity index (χ2n) is 6.31. The van der Waals surface area contributed by atoms with Crippen molar-refractivity contribution in [3.8, 4) is 0 Å². The summed E-state index contributed by atoms with van der Waals surface area (Å²) in [5.74, 6) is -0.0596. The van der Waals surface area contributed by atoms with Gasteiger partial charge in [0.15, 0.2) is 0 Å². The normalized spacial score (nSPS) is 13.7. The molecule has 0 fully saturated rings. The molecule has 0 spiro atoms. The minimum Gasteiger partial charge on any atom is -0.192 e. The first-order chi connectivity index (χ1) is 11.5. The van der Waals surface area contributed by atoms with Gasteiger partial charge in [-0.05, 0) is 12.8 Å². The minimum absolute atomic E-state index is 0.0596. The van der Waals surface area contributed by atoms with E-state index >= 15 is 0 Å². The van der Waals surface area contributed by atoms with E-state index in [1.165, 1.54) is 0 Å². The van der Waals surface area contributed by atoms with Crippen LogP contribution in [0.25, 0.3) is 0 Å². The number of hydrogen-bond acceptors (Lipinski definition) is 3. The van der Waals surface area contributed by atoms with Gasteiger partial charge < -0.3 is 0 Å². The Morgan fingerprint density at radius 1 is 0.833 bits per heavy atom. The average molecular weight is 347 g/mol. The van der Waals surface area contributed by atoms with E-state index in [2.05, 4.69) is 13.8 Å². The lowest BCUT2D eigenvalue weighted by atomic mass is 9.76. The van der Waals surface area contributed by atoms with Crippen LogP contribution < -0.4 is 0 Å². The molecule has 3 nitrogen and oxygen atoms in total. The molecule has 0 heterocycles. The molecule has 1 unspecified atom stereocenters. The van der Waals surface area contributed by atoms with Crippen molar-refractivity contribution < 1.29 is 14.7 Å². The van der Waals surface area contributed by atoms with Crippen molar-refractivity contribution in [2.24, 2.45) is 5.92 Å². The van der Waals surface area contributed by atoms with E-state index in [9.17, 15) is 14.7 Å². The van der Waals surface area contributed by atoms with E-state index in [-0.39, 0.29) is 5.92 Å². The van der Waals surface area contributed by atoms with Crippen LogP contribution in [-0.4, -0.2) is 14.7 Å². The fourth-order valence-electron chi connectivity index (χ4n) is 3.77. The molecule has 2 aromatic rings. The third-order valence-electron chi connectivity index (χ3n) is 4.89. The molecule has 0 saturated heterocycles. The average Bonchev–Trinajstić information content (AvgIpc) is 2.59. The molecule has 0 aromatic heterocycles. The standard InChI is InChI=1S/C20H28O3P/c1-3-5-12-17(4-2)20(24(21,22)23,18-13-8-6-9-14-18)19-15-10-7-11-16-19/h6-11,13-17,21-23H,3-5,12H2,1-2H3/q+1. The highest BCUT2D eigenvalue weighted by Crippen LogP contribution is 2.71. The third-order valence-corrected chi connectivity index (χ3v) is 6.72. The molecule has 24 heavy (non-hydrogen) atoms. The van der Waals surface area contributed by atoms with E-state index in [1.807, 2.05) is 60.7 Å². The van der Waals surface area contributed by atoms with Gasteiger partial charge in [0.25, 0.3) is 0 Å². The Bertz CT molecular complexity index is 568. The van der Waals surface area contributed by atoms with Gasteiger partial charge in [0, 0.05) is 17.0 Å². The van der Waals surface area contributed by atoms with Crippen LogP contribution in [0.5, 0.6) is 0 Å². The monoisotopic (exact) mass is 347 g/mol. The lowest BCUT2D eigenvalue weighted by molar-refractivity contribution is 0.245. The largest absolute Gasteiger partial charge is 0.419 e. The quantitative estimate of drug-likeness (QED) is 0.596. The van der Waals surface area contributed by atoms with Gasteiger partial charge in [-0.2, -0.15) is 14.7 Å². The van der Waals surface area contributed by atoms with Crippen molar-refractivity contribution in [1.29, 1.82) is 0 Å². The van der Waals surface area contributed by atoms with Gasteiger partial charge in [-0.25, -0.2) is 0 Å². The summed E-state index contributed by atoms with van der Waals surface area (Å²) in [5.41, 5.74) is 1.53. The third kappa shape index (κ3) is 3.55. The smallest absolute Gasteiger partial charge is 0.192 e. The Morgan fingerprint density at radius 2 is 1.29 bits per heavy atom. The Kier molecular flexibility index (Phi) is 6.54. The van der Waals surface area contributed by atoms with Gasteiger partial charge in [-0.3, -0.25) is 0 Å². The molecular weight excluding hydrogens is 319 g/mol. The summed E-state index contributed by atoms with van der Waals surface area (Å²) < 4.78 is 0. The van der Waals surface area contributed by atoms with Gasteiger partial charge in [0.1, 0.15) is 0 Å². The van der Waals surface area contributed by atoms with Crippen LogP contribution in [0.3, 0.4) is 0 Å². The molecule has 2 aromatic carbocycles. The molecule has 0 aliphatic carbocycles. The molecule has 0 bridgehead atoms. The highest BCUT2D eigenvalue weighted by molar-refractivity contribution is 7.60. The second-order valence-corrected chi connectivity index (χ2v) is 8.16. The summed E-state index contributed by atoms with van der Waals surface area (Å²) in [7, 11) is -4.21. The second kappa shape index (κ2) is 8.22. The van der Waals surface area contributed by atoms with Gasteiger partial charge in [0.2, 0.25) is 5.16 Å². The Labute approximate surface area is 145 Å². The fourth-order valence-corrected chi connectivity index (χ4v) is 5.57. The molecule has 130 valence electrons. The zero-order valence-electron chi connectivity index (χ0n) is 14.5. The maximum Gasteiger partial charge on any atom is 0.419 e. The molecule has 3 N–H and O–H groups in total. The van der Waals surface area contributed by atoms with Gasteiger partial charge in [-0.15, -0.1) is 0 Å². The predicted octanol–water partition coefficient (Wildman–Crippen LogP) is 4.89. The van der Waals surface area contributed by atoms with Crippen molar-refractivity contribution >= 4 is 7.94 Å². The van der Waals surface area contributed by atoms with Crippen molar-refractivity contribution in [2.75, 3.05) is 0 Å². The van der Waals surface area contributed by atoms with Gasteiger partial charge >= 0.3 is 7.94 Å². The summed E-state index contributed by atoms with van der Waals surface area (Å²) in [6.07, 6.45) is 3.61. The van der Waals surface area contributed by atoms with Crippen LogP contribution >= 0.6 is 7.94 Å². The Hall–Kier alpha value is -1.25. The molecule has 0 aliphatic heterocycles. The molecule has 0 amide bonds. The van der Waals surface area contributed by atoms with Crippen molar-refractivity contribution in [3.05, 3.63) is 71.8 Å². The van der Waals surface area contributed by atoms with Crippen molar-refractivity contribution in [2.45, 2.75) is 44.7 Å². The van der Waals surface area contributed by atoms with Crippen LogP contribution in [0.4, 0.5) is 0 Å². The van der Waals surface area contributed by atoms with Gasteiger partial charge in [0.05, 0.1) is 0 Å². The SMILES string of the molecule is CCCCC(CC)C(c1ccccc1)(c1ccccc1)[P+](O)(O)O. The van der Waals surface area contributed by atoms with Crippen molar-refractivity contribution in [3.63, 3.8) is 0 Å². The first kappa shape index (κ1) is 19.1. The van der Waals surface area contributed by atoms with E-state index in [4.69, 9.17) is 0 Å². The highest BCUT2D eigenvalue weighted by Gasteiger charge is 2.64. The van der Waals surface area contributed by atoms with Crippen LogP contribution in [0.1, 0.15) is 50.7 Å². The van der Waals surface area contributed by atoms with E-state index in [0.717, 1.165) is 36.8 Å². The van der Waals surface area contributed by atoms with Crippen molar-refractivity contribution in [1.82, 2.24) is 0 Å². The highest BCUT2D eigenvalue weighted by atomic mass is 31.2. The van der Waals surface area contributed by atoms with E-state index < -0.39 is 13.1 Å². The lowest BCUT2D eigenvalue weighted by Gasteiger charge is -2.39. The molecular formula is C20H28O3P+. The van der Waals surface area contributed by atoms with E-state index in [0.29, 0.717) is 0 Å². The summed E-state index contributed by atoms with van der Waals surface area (Å²) in [6, 6.07) is 18.9. The summed E-state index contributed by atoms with van der Waals surface area (Å²) in [4.78, 5) is 32.0. The zero-order valence-corrected chi connectivity index (χ0v) is 15.4. The molecule has 2 rings (SSSR count). The van der Waals surface area contributed by atoms with Crippen LogP contribution in [0.15, 0.2) is 60.7 Å². The van der Waals surface area contributed by atoms with Gasteiger partial charge in [-0.1, -0.05) is 87.4 Å². The fraction of sp³-hybridized carbons (Fsp3) is 0.400. The summed E-state index contributed by atoms with van der Waals surface area (Å²) >= 11 is 0. The van der Waals surface area contributed by atoms with Crippen LogP contribution in [-0.2, 0) is 5.16 Å². The van der Waals surface area contributed by atoms with Crippen LogP contribution in [0, 0.1) is 5.92 Å². The molecule has 0 radical (unpaired) electrons. The first-order valence-corrected chi connectivity index (χ1v) is 10.3.